The van der Waals surface area contributed by atoms with Crippen molar-refractivity contribution in [2.75, 3.05) is 12.4 Å². The van der Waals surface area contributed by atoms with Gasteiger partial charge in [-0.2, -0.15) is 0 Å². The summed E-state index contributed by atoms with van der Waals surface area (Å²) in [6.45, 7) is 2.03. The Kier molecular flexibility index (Phi) is 3.67. The van der Waals surface area contributed by atoms with Gasteiger partial charge in [0.15, 0.2) is 5.69 Å². The van der Waals surface area contributed by atoms with Gasteiger partial charge >= 0.3 is 0 Å². The number of aryl methyl sites for hydroxylation is 1. The van der Waals surface area contributed by atoms with E-state index in [1.807, 2.05) is 49.4 Å². The molecule has 0 unspecified atom stereocenters. The Labute approximate surface area is 128 Å². The van der Waals surface area contributed by atoms with Gasteiger partial charge < -0.3 is 10.1 Å². The van der Waals surface area contributed by atoms with Crippen LogP contribution in [0.15, 0.2) is 48.5 Å². The molecule has 2 N–H and O–H groups in total. The van der Waals surface area contributed by atoms with Crippen molar-refractivity contribution in [3.05, 3.63) is 59.2 Å². The van der Waals surface area contributed by atoms with Crippen LogP contribution in [0.25, 0.3) is 10.9 Å². The number of benzene rings is 2. The fraction of sp³-hybridized carbons (Fsp3) is 0.118. The van der Waals surface area contributed by atoms with Crippen LogP contribution in [-0.4, -0.2) is 7.11 Å². The largest absolute Gasteiger partial charge is 0.497 e. The molecule has 2 aromatic carbocycles. The molecular weight excluding hydrogens is 284 g/mol. The monoisotopic (exact) mass is 299 g/mol. The highest BCUT2D eigenvalue weighted by atomic mass is 35.5. The Balaban J connectivity index is 2.04. The summed E-state index contributed by atoms with van der Waals surface area (Å²) in [6, 6.07) is 15.7. The summed E-state index contributed by atoms with van der Waals surface area (Å²) in [5.41, 5.74) is 4.16. The second-order valence-corrected chi connectivity index (χ2v) is 5.35. The zero-order chi connectivity index (χ0) is 14.8. The summed E-state index contributed by atoms with van der Waals surface area (Å²) >= 11 is 6.11. The molecule has 1 aromatic heterocycles. The first-order valence-electron chi connectivity index (χ1n) is 6.69. The fourth-order valence-corrected chi connectivity index (χ4v) is 2.50. The topological polar surface area (TPSA) is 35.4 Å². The maximum atomic E-state index is 6.11. The van der Waals surface area contributed by atoms with E-state index in [1.54, 1.807) is 7.11 Å². The predicted molar refractivity (Wildman–Crippen MR) is 86.5 cm³/mol. The third-order valence-electron chi connectivity index (χ3n) is 3.33. The number of halogens is 1. The third-order valence-corrected chi connectivity index (χ3v) is 3.57. The van der Waals surface area contributed by atoms with Crippen LogP contribution in [-0.2, 0) is 0 Å². The number of pyridine rings is 1. The van der Waals surface area contributed by atoms with E-state index in [2.05, 4.69) is 16.4 Å². The molecule has 3 nitrogen and oxygen atoms in total. The van der Waals surface area contributed by atoms with Crippen molar-refractivity contribution in [3.8, 4) is 5.75 Å². The lowest BCUT2D eigenvalue weighted by atomic mass is 10.1. The van der Waals surface area contributed by atoms with E-state index in [0.717, 1.165) is 38.7 Å². The maximum absolute atomic E-state index is 6.11. The minimum absolute atomic E-state index is 0.720. The van der Waals surface area contributed by atoms with Crippen LogP contribution in [0.2, 0.25) is 5.02 Å². The Morgan fingerprint density at radius 2 is 1.81 bits per heavy atom. The molecule has 3 rings (SSSR count). The molecule has 106 valence electrons. The highest BCUT2D eigenvalue weighted by Crippen LogP contribution is 2.27. The summed E-state index contributed by atoms with van der Waals surface area (Å²) in [4.78, 5) is 3.34. The molecule has 0 saturated heterocycles. The van der Waals surface area contributed by atoms with Crippen molar-refractivity contribution < 1.29 is 9.72 Å². The average Bonchev–Trinajstić information content (AvgIpc) is 2.49. The van der Waals surface area contributed by atoms with E-state index in [1.165, 1.54) is 0 Å². The van der Waals surface area contributed by atoms with Crippen LogP contribution in [0.5, 0.6) is 5.75 Å². The molecule has 0 amide bonds. The number of anilines is 2. The van der Waals surface area contributed by atoms with Gasteiger partial charge in [-0.15, -0.1) is 0 Å². The van der Waals surface area contributed by atoms with Gasteiger partial charge in [0.1, 0.15) is 5.75 Å². The molecule has 4 heteroatoms. The standard InChI is InChI=1S/C17H15ClN2O/c1-11-9-17(15-10-12(18)3-8-16(15)19-11)20-13-4-6-14(21-2)7-5-13/h3-10H,1-2H3,(H,19,20)/p+1. The first-order valence-corrected chi connectivity index (χ1v) is 7.07. The molecule has 0 bridgehead atoms. The molecule has 0 saturated carbocycles. The molecule has 1 heterocycles. The minimum Gasteiger partial charge on any atom is -0.497 e. The number of fused-ring (bicyclic) bond motifs is 1. The van der Waals surface area contributed by atoms with E-state index in [4.69, 9.17) is 16.3 Å². The smallest absolute Gasteiger partial charge is 0.213 e. The summed E-state index contributed by atoms with van der Waals surface area (Å²) in [5, 5.41) is 5.21. The quantitative estimate of drug-likeness (QED) is 0.779. The van der Waals surface area contributed by atoms with E-state index < -0.39 is 0 Å². The molecule has 0 radical (unpaired) electrons. The van der Waals surface area contributed by atoms with Crippen molar-refractivity contribution in [3.63, 3.8) is 0 Å². The third kappa shape index (κ3) is 2.93. The normalized spacial score (nSPS) is 10.6. The van der Waals surface area contributed by atoms with Gasteiger partial charge in [-0.25, -0.2) is 4.98 Å². The van der Waals surface area contributed by atoms with E-state index in [0.29, 0.717) is 0 Å². The number of hydrogen-bond donors (Lipinski definition) is 1. The lowest BCUT2D eigenvalue weighted by molar-refractivity contribution is -0.354. The first kappa shape index (κ1) is 13.7. The van der Waals surface area contributed by atoms with Crippen molar-refractivity contribution in [2.45, 2.75) is 6.92 Å². The fourth-order valence-electron chi connectivity index (χ4n) is 2.32. The number of aromatic nitrogens is 1. The molecular formula is C17H16ClN2O+. The summed E-state index contributed by atoms with van der Waals surface area (Å²) in [6.07, 6.45) is 0. The first-order chi connectivity index (χ1) is 10.2. The van der Waals surface area contributed by atoms with E-state index >= 15 is 0 Å². The summed E-state index contributed by atoms with van der Waals surface area (Å²) in [5.74, 6) is 0.839. The Morgan fingerprint density at radius 1 is 1.05 bits per heavy atom. The SMILES string of the molecule is COc1ccc(Nc2cc(C)[nH+]c3ccc(Cl)cc23)cc1. The molecule has 0 aliphatic heterocycles. The van der Waals surface area contributed by atoms with Crippen LogP contribution < -0.4 is 15.0 Å². The summed E-state index contributed by atoms with van der Waals surface area (Å²) < 4.78 is 5.17. The van der Waals surface area contributed by atoms with Gasteiger partial charge in [0.05, 0.1) is 18.2 Å². The predicted octanol–water partition coefficient (Wildman–Crippen LogP) is 4.37. The van der Waals surface area contributed by atoms with Crippen molar-refractivity contribution in [1.29, 1.82) is 0 Å². The van der Waals surface area contributed by atoms with Gasteiger partial charge in [0.25, 0.3) is 0 Å². The average molecular weight is 300 g/mol. The molecule has 0 aliphatic rings. The van der Waals surface area contributed by atoms with Gasteiger partial charge in [-0.05, 0) is 36.4 Å². The van der Waals surface area contributed by atoms with Gasteiger partial charge in [0, 0.05) is 29.8 Å². The van der Waals surface area contributed by atoms with Crippen LogP contribution in [0, 0.1) is 6.92 Å². The minimum atomic E-state index is 0.720. The van der Waals surface area contributed by atoms with Gasteiger partial charge in [0.2, 0.25) is 5.52 Å². The molecule has 3 aromatic rings. The Hall–Kier alpha value is -2.26. The Morgan fingerprint density at radius 3 is 2.52 bits per heavy atom. The maximum Gasteiger partial charge on any atom is 0.213 e. The van der Waals surface area contributed by atoms with E-state index in [9.17, 15) is 0 Å². The zero-order valence-corrected chi connectivity index (χ0v) is 12.7. The number of hydrogen-bond acceptors (Lipinski definition) is 2. The van der Waals surface area contributed by atoms with Crippen molar-refractivity contribution >= 4 is 33.9 Å². The van der Waals surface area contributed by atoms with Crippen LogP contribution in [0.4, 0.5) is 11.4 Å². The number of methoxy groups -OCH3 is 1. The van der Waals surface area contributed by atoms with Crippen molar-refractivity contribution in [2.24, 2.45) is 0 Å². The summed E-state index contributed by atoms with van der Waals surface area (Å²) in [7, 11) is 1.66. The van der Waals surface area contributed by atoms with Gasteiger partial charge in [-0.1, -0.05) is 11.6 Å². The molecule has 21 heavy (non-hydrogen) atoms. The number of ether oxygens (including phenoxy) is 1. The lowest BCUT2D eigenvalue weighted by Crippen LogP contribution is -2.09. The lowest BCUT2D eigenvalue weighted by Gasteiger charge is -2.09. The number of nitrogens with one attached hydrogen (secondary N) is 2. The van der Waals surface area contributed by atoms with Gasteiger partial charge in [-0.3, -0.25) is 0 Å². The number of aromatic amines is 1. The molecule has 0 atom stereocenters. The Bertz CT molecular complexity index is 785. The van der Waals surface area contributed by atoms with Crippen LogP contribution in [0.3, 0.4) is 0 Å². The van der Waals surface area contributed by atoms with Crippen LogP contribution in [0.1, 0.15) is 5.69 Å². The molecule has 0 fully saturated rings. The van der Waals surface area contributed by atoms with Crippen molar-refractivity contribution in [1.82, 2.24) is 0 Å². The van der Waals surface area contributed by atoms with E-state index in [-0.39, 0.29) is 0 Å². The number of H-pyrrole nitrogens is 1. The second kappa shape index (κ2) is 5.62. The van der Waals surface area contributed by atoms with Crippen LogP contribution >= 0.6 is 11.6 Å². The second-order valence-electron chi connectivity index (χ2n) is 4.91. The highest BCUT2D eigenvalue weighted by molar-refractivity contribution is 6.31. The molecule has 0 spiro atoms. The highest BCUT2D eigenvalue weighted by Gasteiger charge is 2.10. The molecule has 0 aliphatic carbocycles. The number of rotatable bonds is 3. The zero-order valence-electron chi connectivity index (χ0n) is 11.9.